The van der Waals surface area contributed by atoms with Crippen LogP contribution in [-0.2, 0) is 10.4 Å². The number of carbonyl (C=O) groups excluding carboxylic acids is 1. The molecule has 0 spiro atoms. The molecule has 1 saturated heterocycles. The number of hydrogen-bond acceptors (Lipinski definition) is 10. The van der Waals surface area contributed by atoms with Crippen LogP contribution in [0, 0.1) is 0 Å². The van der Waals surface area contributed by atoms with E-state index >= 15 is 0 Å². The second kappa shape index (κ2) is 8.56. The van der Waals surface area contributed by atoms with Crippen LogP contribution in [-0.4, -0.2) is 69.4 Å². The molecule has 1 unspecified atom stereocenters. The number of aromatic nitrogens is 8. The summed E-state index contributed by atoms with van der Waals surface area (Å²) in [5.41, 5.74) is -0.275. The lowest BCUT2D eigenvalue weighted by molar-refractivity contribution is -0.143. The van der Waals surface area contributed by atoms with Crippen LogP contribution in [0.5, 0.6) is 0 Å². The molecule has 5 heterocycles. The van der Waals surface area contributed by atoms with Crippen LogP contribution in [0.4, 0.5) is 5.95 Å². The van der Waals surface area contributed by atoms with Crippen molar-refractivity contribution in [2.75, 3.05) is 18.9 Å². The monoisotopic (exact) mass is 458 g/mol. The number of rotatable bonds is 6. The first kappa shape index (κ1) is 21.5. The maximum atomic E-state index is 12.4. The van der Waals surface area contributed by atoms with Gasteiger partial charge in [0, 0.05) is 38.6 Å². The molecule has 4 aromatic rings. The van der Waals surface area contributed by atoms with E-state index in [0.29, 0.717) is 35.5 Å². The van der Waals surface area contributed by atoms with E-state index in [1.807, 2.05) is 19.1 Å². The van der Waals surface area contributed by atoms with E-state index in [-0.39, 0.29) is 18.2 Å². The maximum absolute atomic E-state index is 12.4. The maximum Gasteiger partial charge on any atom is 0.260 e. The van der Waals surface area contributed by atoms with Crippen molar-refractivity contribution in [1.29, 1.82) is 0 Å². The molecule has 12 heteroatoms. The van der Waals surface area contributed by atoms with Crippen molar-refractivity contribution >= 4 is 11.9 Å². The molecule has 0 saturated carbocycles. The fraction of sp³-hybridized carbons (Fsp3) is 0.273. The van der Waals surface area contributed by atoms with Crippen LogP contribution in [0.15, 0.2) is 55.1 Å². The topological polar surface area (TPSA) is 148 Å². The van der Waals surface area contributed by atoms with Gasteiger partial charge in [0.2, 0.25) is 5.95 Å². The molecular formula is C22H22N10O2. The van der Waals surface area contributed by atoms with Crippen LogP contribution in [0.1, 0.15) is 30.9 Å². The zero-order chi connectivity index (χ0) is 23.7. The van der Waals surface area contributed by atoms with Crippen molar-refractivity contribution < 1.29 is 9.90 Å². The summed E-state index contributed by atoms with van der Waals surface area (Å²) in [5.74, 6) is 1.13. The highest BCUT2D eigenvalue weighted by Crippen LogP contribution is 2.31. The third kappa shape index (κ3) is 3.94. The lowest BCUT2D eigenvalue weighted by atomic mass is 9.99. The molecule has 2 atom stereocenters. The molecule has 12 nitrogen and oxygen atoms in total. The summed E-state index contributed by atoms with van der Waals surface area (Å²) in [5, 5.41) is 22.1. The van der Waals surface area contributed by atoms with Gasteiger partial charge in [0.1, 0.15) is 11.5 Å². The summed E-state index contributed by atoms with van der Waals surface area (Å²) in [6.45, 7) is 2.38. The number of nitrogens with zero attached hydrogens (tertiary/aromatic N) is 9. The Morgan fingerprint density at radius 2 is 1.85 bits per heavy atom. The summed E-state index contributed by atoms with van der Waals surface area (Å²) in [4.78, 5) is 35.8. The molecule has 34 heavy (non-hydrogen) atoms. The standard InChI is InChI=1S/C22H22N10O2/c1-14(19-23-9-4-10-24-19)26-21-25-11-7-16(28-21)15-5-3-6-18(27-15)32-13-17(29-30-32)22(34)8-12-31(2)20(22)33/h3-7,9-11,13-14,34H,8,12H2,1-2H3,(H,25,26,28)/t14-,22?/m0/s1. The van der Waals surface area contributed by atoms with Crippen molar-refractivity contribution in [3.8, 4) is 17.2 Å². The van der Waals surface area contributed by atoms with E-state index in [0.717, 1.165) is 0 Å². The van der Waals surface area contributed by atoms with Crippen LogP contribution in [0.25, 0.3) is 17.2 Å². The van der Waals surface area contributed by atoms with E-state index < -0.39 is 11.5 Å². The second-order valence-electron chi connectivity index (χ2n) is 8.00. The minimum atomic E-state index is -1.67. The van der Waals surface area contributed by atoms with Crippen LogP contribution in [0.2, 0.25) is 0 Å². The molecule has 2 N–H and O–H groups in total. The fourth-order valence-corrected chi connectivity index (χ4v) is 3.71. The molecule has 1 aliphatic rings. The number of nitrogens with one attached hydrogen (secondary N) is 1. The number of likely N-dealkylation sites (N-methyl/N-ethyl adjacent to an activating group) is 1. The smallest absolute Gasteiger partial charge is 0.260 e. The molecule has 1 amide bonds. The van der Waals surface area contributed by atoms with Gasteiger partial charge in [0.15, 0.2) is 11.4 Å². The Morgan fingerprint density at radius 1 is 1.06 bits per heavy atom. The number of carbonyl (C=O) groups is 1. The summed E-state index contributed by atoms with van der Waals surface area (Å²) in [7, 11) is 1.65. The first-order chi connectivity index (χ1) is 16.4. The molecule has 0 bridgehead atoms. The van der Waals surface area contributed by atoms with Crippen molar-refractivity contribution in [3.05, 3.63) is 66.6 Å². The van der Waals surface area contributed by atoms with Crippen LogP contribution in [0.3, 0.4) is 0 Å². The average Bonchev–Trinajstić information content (AvgIpc) is 3.47. The lowest BCUT2D eigenvalue weighted by Gasteiger charge is -2.17. The first-order valence-electron chi connectivity index (χ1n) is 10.7. The Labute approximate surface area is 194 Å². The van der Waals surface area contributed by atoms with Gasteiger partial charge in [-0.2, -0.15) is 0 Å². The Bertz CT molecular complexity index is 1330. The Balaban J connectivity index is 1.39. The van der Waals surface area contributed by atoms with Gasteiger partial charge < -0.3 is 15.3 Å². The first-order valence-corrected chi connectivity index (χ1v) is 10.7. The summed E-state index contributed by atoms with van der Waals surface area (Å²) in [6, 6.07) is 8.72. The second-order valence-corrected chi connectivity index (χ2v) is 8.00. The van der Waals surface area contributed by atoms with Crippen molar-refractivity contribution in [2.45, 2.75) is 25.0 Å². The largest absolute Gasteiger partial charge is 0.374 e. The Morgan fingerprint density at radius 3 is 2.62 bits per heavy atom. The van der Waals surface area contributed by atoms with Gasteiger partial charge in [-0.1, -0.05) is 11.3 Å². The third-order valence-corrected chi connectivity index (χ3v) is 5.63. The van der Waals surface area contributed by atoms with Gasteiger partial charge in [0.05, 0.1) is 23.6 Å². The highest BCUT2D eigenvalue weighted by molar-refractivity contribution is 5.87. The number of likely N-dealkylation sites (tertiary alicyclic amines) is 1. The molecule has 4 aromatic heterocycles. The zero-order valence-electron chi connectivity index (χ0n) is 18.6. The Hall–Kier alpha value is -4.32. The van der Waals surface area contributed by atoms with Crippen LogP contribution < -0.4 is 5.32 Å². The summed E-state index contributed by atoms with van der Waals surface area (Å²) in [6.07, 6.45) is 6.79. The molecule has 1 fully saturated rings. The van der Waals surface area contributed by atoms with Crippen molar-refractivity contribution in [2.24, 2.45) is 0 Å². The van der Waals surface area contributed by atoms with Gasteiger partial charge in [-0.25, -0.2) is 29.6 Å². The van der Waals surface area contributed by atoms with E-state index in [1.165, 1.54) is 15.8 Å². The summed E-state index contributed by atoms with van der Waals surface area (Å²) >= 11 is 0. The number of anilines is 1. The van der Waals surface area contributed by atoms with Gasteiger partial charge in [-0.15, -0.1) is 5.10 Å². The molecular weight excluding hydrogens is 436 g/mol. The van der Waals surface area contributed by atoms with Crippen molar-refractivity contribution in [1.82, 2.24) is 44.8 Å². The molecule has 0 aliphatic carbocycles. The molecule has 0 radical (unpaired) electrons. The average molecular weight is 458 g/mol. The minimum Gasteiger partial charge on any atom is -0.374 e. The number of pyridine rings is 1. The number of amides is 1. The van der Waals surface area contributed by atoms with Crippen LogP contribution >= 0.6 is 0 Å². The highest BCUT2D eigenvalue weighted by atomic mass is 16.3. The number of hydrogen-bond donors (Lipinski definition) is 2. The van der Waals surface area contributed by atoms with E-state index in [4.69, 9.17) is 0 Å². The highest BCUT2D eigenvalue weighted by Gasteiger charge is 2.47. The SMILES string of the molecule is C[C@H](Nc1nccc(-c2cccc(-n3cc(C4(O)CCN(C)C4=O)nn3)n2)n1)c1ncccn1. The molecule has 5 rings (SSSR count). The Kier molecular flexibility index (Phi) is 5.42. The predicted octanol–water partition coefficient (Wildman–Crippen LogP) is 1.13. The normalized spacial score (nSPS) is 18.8. The van der Waals surface area contributed by atoms with Gasteiger partial charge in [-0.05, 0) is 31.2 Å². The quantitative estimate of drug-likeness (QED) is 0.431. The van der Waals surface area contributed by atoms with Crippen molar-refractivity contribution in [3.63, 3.8) is 0 Å². The van der Waals surface area contributed by atoms with Gasteiger partial charge >= 0.3 is 0 Å². The predicted molar refractivity (Wildman–Crippen MR) is 120 cm³/mol. The zero-order valence-corrected chi connectivity index (χ0v) is 18.6. The van der Waals surface area contributed by atoms with E-state index in [9.17, 15) is 9.90 Å². The van der Waals surface area contributed by atoms with E-state index in [2.05, 4.69) is 40.5 Å². The van der Waals surface area contributed by atoms with E-state index in [1.54, 1.807) is 43.8 Å². The third-order valence-electron chi connectivity index (χ3n) is 5.63. The van der Waals surface area contributed by atoms with Gasteiger partial charge in [0.25, 0.3) is 5.91 Å². The molecule has 0 aromatic carbocycles. The fourth-order valence-electron chi connectivity index (χ4n) is 3.71. The number of aliphatic hydroxyl groups is 1. The molecule has 172 valence electrons. The summed E-state index contributed by atoms with van der Waals surface area (Å²) < 4.78 is 1.43. The minimum absolute atomic E-state index is 0.188. The van der Waals surface area contributed by atoms with Gasteiger partial charge in [-0.3, -0.25) is 4.79 Å². The lowest BCUT2D eigenvalue weighted by Crippen LogP contribution is -2.36. The molecule has 1 aliphatic heterocycles.